The Balaban J connectivity index is 0.000000370. The number of pyridine rings is 1. The largest absolute Gasteiger partial charge is 4.00 e. The Kier molecular flexibility index (Phi) is 17.8. The second-order valence-electron chi connectivity index (χ2n) is 11.9. The van der Waals surface area contributed by atoms with Crippen molar-refractivity contribution in [2.75, 3.05) is 0 Å². The van der Waals surface area contributed by atoms with Crippen LogP contribution in [0, 0.1) is 27.7 Å². The zero-order valence-corrected chi connectivity index (χ0v) is 30.8. The molecule has 5 aromatic rings. The molecule has 0 spiro atoms. The first-order valence-electron chi connectivity index (χ1n) is 15.3. The van der Waals surface area contributed by atoms with Crippen LogP contribution in [-0.2, 0) is 31.7 Å². The summed E-state index contributed by atoms with van der Waals surface area (Å²) in [6.07, 6.45) is 1.87. The molecule has 0 aliphatic rings. The van der Waals surface area contributed by atoms with Gasteiger partial charge in [-0.2, -0.15) is 73.9 Å². The maximum Gasteiger partial charge on any atom is 4.00 e. The summed E-state index contributed by atoms with van der Waals surface area (Å²) >= 11 is 0. The molecule has 0 amide bonds. The number of aryl methyl sites for hydroxylation is 1. The van der Waals surface area contributed by atoms with Crippen LogP contribution in [0.25, 0.3) is 5.32 Å². The molecule has 232 valence electrons. The van der Waals surface area contributed by atoms with Crippen molar-refractivity contribution < 1.29 is 26.2 Å². The van der Waals surface area contributed by atoms with Crippen LogP contribution in [0.5, 0.6) is 0 Å². The van der Waals surface area contributed by atoms with Crippen LogP contribution >= 0.6 is 0 Å². The van der Waals surface area contributed by atoms with Crippen LogP contribution in [0.15, 0.2) is 128 Å². The molecular formula is C42H50N2Zr. The van der Waals surface area contributed by atoms with Gasteiger partial charge in [-0.3, -0.25) is 4.98 Å². The van der Waals surface area contributed by atoms with Gasteiger partial charge in [0.2, 0.25) is 0 Å². The molecule has 0 unspecified atom stereocenters. The molecule has 0 fully saturated rings. The first-order valence-corrected chi connectivity index (χ1v) is 15.3. The molecule has 0 atom stereocenters. The molecule has 4 aromatic carbocycles. The van der Waals surface area contributed by atoms with E-state index in [4.69, 9.17) is 5.32 Å². The average molecular weight is 674 g/mol. The van der Waals surface area contributed by atoms with E-state index in [0.717, 1.165) is 28.1 Å². The molecule has 0 N–H and O–H groups in total. The van der Waals surface area contributed by atoms with Crippen LogP contribution in [0.3, 0.4) is 0 Å². The van der Waals surface area contributed by atoms with E-state index in [2.05, 4.69) is 98.5 Å². The molecule has 0 saturated carbocycles. The predicted molar refractivity (Wildman–Crippen MR) is 192 cm³/mol. The number of para-hydroxylation sites is 1. The molecule has 3 heteroatoms. The summed E-state index contributed by atoms with van der Waals surface area (Å²) in [5.74, 6) is 0.905. The number of hydrogen-bond donors (Lipinski definition) is 0. The SMILES string of the molecule is Cc1ccnc(C(C)(C)[N-]c2c(C(C)C)cccc2C(C)C)c1.[CH2-]c1ccccc1.[CH2-]c1ccccc1.[CH2-]c1ccccc1.[Zr+4]. The summed E-state index contributed by atoms with van der Waals surface area (Å²) < 4.78 is 0. The zero-order valence-electron chi connectivity index (χ0n) is 28.3. The summed E-state index contributed by atoms with van der Waals surface area (Å²) in [6, 6.07) is 40.3. The van der Waals surface area contributed by atoms with E-state index in [0.29, 0.717) is 11.8 Å². The van der Waals surface area contributed by atoms with Crippen molar-refractivity contribution >= 4 is 5.69 Å². The Bertz CT molecular complexity index is 1360. The van der Waals surface area contributed by atoms with E-state index in [-0.39, 0.29) is 31.7 Å². The van der Waals surface area contributed by atoms with Gasteiger partial charge in [-0.05, 0) is 36.5 Å². The molecule has 5 rings (SSSR count). The van der Waals surface area contributed by atoms with Crippen molar-refractivity contribution in [3.63, 3.8) is 0 Å². The van der Waals surface area contributed by atoms with Gasteiger partial charge in [-0.1, -0.05) is 94.6 Å². The van der Waals surface area contributed by atoms with Crippen molar-refractivity contribution in [2.24, 2.45) is 0 Å². The number of benzene rings is 4. The maximum absolute atomic E-state index is 5.18. The van der Waals surface area contributed by atoms with E-state index >= 15 is 0 Å². The van der Waals surface area contributed by atoms with Crippen LogP contribution in [-0.4, -0.2) is 4.98 Å². The summed E-state index contributed by atoms with van der Waals surface area (Å²) in [4.78, 5) is 4.56. The molecule has 1 heterocycles. The third-order valence-corrected chi connectivity index (χ3v) is 6.80. The Morgan fingerprint density at radius 2 is 0.956 bits per heavy atom. The van der Waals surface area contributed by atoms with Gasteiger partial charge >= 0.3 is 26.2 Å². The summed E-state index contributed by atoms with van der Waals surface area (Å²) in [6.45, 7) is 26.5. The topological polar surface area (TPSA) is 27.0 Å². The number of hydrogen-bond acceptors (Lipinski definition) is 1. The molecular weight excluding hydrogens is 624 g/mol. The number of aromatic nitrogens is 1. The molecule has 2 nitrogen and oxygen atoms in total. The van der Waals surface area contributed by atoms with Crippen molar-refractivity contribution in [1.82, 2.24) is 4.98 Å². The van der Waals surface area contributed by atoms with Gasteiger partial charge in [0.25, 0.3) is 0 Å². The zero-order chi connectivity index (χ0) is 32.5. The quantitative estimate of drug-likeness (QED) is 0.171. The molecule has 45 heavy (non-hydrogen) atoms. The van der Waals surface area contributed by atoms with Gasteiger partial charge in [0, 0.05) is 11.9 Å². The van der Waals surface area contributed by atoms with Crippen LogP contribution < -0.4 is 0 Å². The van der Waals surface area contributed by atoms with Crippen molar-refractivity contribution in [2.45, 2.75) is 65.8 Å². The van der Waals surface area contributed by atoms with E-state index in [1.807, 2.05) is 103 Å². The molecule has 0 aliphatic carbocycles. The summed E-state index contributed by atoms with van der Waals surface area (Å²) in [7, 11) is 0. The fraction of sp³-hybridized carbons (Fsp3) is 0.238. The summed E-state index contributed by atoms with van der Waals surface area (Å²) in [5.41, 5.74) is 8.89. The van der Waals surface area contributed by atoms with Crippen molar-refractivity contribution in [3.8, 4) is 0 Å². The van der Waals surface area contributed by atoms with Crippen molar-refractivity contribution in [1.29, 1.82) is 0 Å². The van der Waals surface area contributed by atoms with E-state index in [9.17, 15) is 0 Å². The number of rotatable bonds is 5. The molecule has 1 aromatic heterocycles. The Hall–Kier alpha value is -3.68. The van der Waals surface area contributed by atoms with Crippen molar-refractivity contribution in [3.05, 3.63) is 193 Å². The molecule has 0 saturated heterocycles. The monoisotopic (exact) mass is 672 g/mol. The van der Waals surface area contributed by atoms with Crippen LogP contribution in [0.1, 0.15) is 92.5 Å². The van der Waals surface area contributed by atoms with Gasteiger partial charge in [-0.15, -0.1) is 42.1 Å². The summed E-state index contributed by atoms with van der Waals surface area (Å²) in [5, 5.41) is 5.18. The molecule has 0 radical (unpaired) electrons. The fourth-order valence-electron chi connectivity index (χ4n) is 4.28. The third kappa shape index (κ3) is 14.8. The average Bonchev–Trinajstić information content (AvgIpc) is 2.99. The van der Waals surface area contributed by atoms with E-state index in [1.165, 1.54) is 16.7 Å². The minimum Gasteiger partial charge on any atom is -0.674 e. The molecule has 0 aliphatic heterocycles. The smallest absolute Gasteiger partial charge is 0.674 e. The standard InChI is InChI=1S/C21H29N2.3C7H7.Zr/c1-14(2)17-9-8-10-18(15(3)4)20(17)23-21(6,7)19-13-16(5)11-12-22-19;3*1-7-5-3-2-4-6-7;/h8-15H,1-7H3;3*2-6H,1H2;/q4*-1;+4. The minimum absolute atomic E-state index is 0. The second kappa shape index (κ2) is 20.4. The first-order chi connectivity index (χ1) is 20.9. The van der Waals surface area contributed by atoms with Gasteiger partial charge in [-0.25, -0.2) is 0 Å². The van der Waals surface area contributed by atoms with Gasteiger partial charge < -0.3 is 5.32 Å². The van der Waals surface area contributed by atoms with Gasteiger partial charge in [0.05, 0.1) is 0 Å². The van der Waals surface area contributed by atoms with Gasteiger partial charge in [0.15, 0.2) is 0 Å². The third-order valence-electron chi connectivity index (χ3n) is 6.80. The fourth-order valence-corrected chi connectivity index (χ4v) is 4.28. The van der Waals surface area contributed by atoms with Gasteiger partial charge in [0.1, 0.15) is 0 Å². The Labute approximate surface area is 293 Å². The first kappa shape index (κ1) is 39.3. The second-order valence-corrected chi connectivity index (χ2v) is 11.9. The predicted octanol–water partition coefficient (Wildman–Crippen LogP) is 12.2. The Morgan fingerprint density at radius 3 is 1.24 bits per heavy atom. The number of nitrogens with zero attached hydrogens (tertiary/aromatic N) is 2. The Morgan fingerprint density at radius 1 is 0.578 bits per heavy atom. The maximum atomic E-state index is 5.18. The van der Waals surface area contributed by atoms with Crippen LogP contribution in [0.4, 0.5) is 5.69 Å². The normalized spacial score (nSPS) is 10.2. The minimum atomic E-state index is -0.347. The van der Waals surface area contributed by atoms with Crippen LogP contribution in [0.2, 0.25) is 0 Å². The van der Waals surface area contributed by atoms with E-state index in [1.54, 1.807) is 0 Å². The molecule has 0 bridgehead atoms. The van der Waals surface area contributed by atoms with E-state index < -0.39 is 0 Å².